The number of nitrogens with zero attached hydrogens (tertiary/aromatic N) is 2. The van der Waals surface area contributed by atoms with Gasteiger partial charge in [-0.3, -0.25) is 4.79 Å². The van der Waals surface area contributed by atoms with Gasteiger partial charge in [-0.15, -0.1) is 0 Å². The first-order valence-electron chi connectivity index (χ1n) is 8.44. The van der Waals surface area contributed by atoms with E-state index >= 15 is 0 Å². The lowest BCUT2D eigenvalue weighted by Gasteiger charge is -2.27. The average Bonchev–Trinajstić information content (AvgIpc) is 2.50. The molecule has 2 rings (SSSR count). The molecule has 0 saturated carbocycles. The molecule has 0 unspecified atom stereocenters. The summed E-state index contributed by atoms with van der Waals surface area (Å²) >= 11 is 0. The number of hydrogen-bond donors (Lipinski definition) is 1. The van der Waals surface area contributed by atoms with Crippen molar-refractivity contribution < 1.29 is 4.79 Å². The van der Waals surface area contributed by atoms with Crippen LogP contribution in [0.2, 0.25) is 0 Å². The van der Waals surface area contributed by atoms with Crippen LogP contribution in [0.25, 0.3) is 10.8 Å². The molecule has 1 aromatic carbocycles. The van der Waals surface area contributed by atoms with Crippen molar-refractivity contribution in [2.75, 3.05) is 18.4 Å². The van der Waals surface area contributed by atoms with Gasteiger partial charge in [0.2, 0.25) is 0 Å². The molecular formula is C19H27N3O2. The largest absolute Gasteiger partial charge is 0.324 e. The van der Waals surface area contributed by atoms with Crippen LogP contribution < -0.4 is 10.9 Å². The lowest BCUT2D eigenvalue weighted by atomic mass is 10.1. The number of urea groups is 1. The molecule has 0 aliphatic heterocycles. The zero-order valence-corrected chi connectivity index (χ0v) is 15.2. The van der Waals surface area contributed by atoms with E-state index in [0.29, 0.717) is 36.0 Å². The third-order valence-electron chi connectivity index (χ3n) is 3.79. The van der Waals surface area contributed by atoms with Crippen molar-refractivity contribution >= 4 is 22.5 Å². The second-order valence-corrected chi connectivity index (χ2v) is 7.13. The molecule has 0 aliphatic carbocycles. The van der Waals surface area contributed by atoms with Crippen LogP contribution in [0.3, 0.4) is 0 Å². The Balaban J connectivity index is 2.35. The third-order valence-corrected chi connectivity index (χ3v) is 3.79. The highest BCUT2D eigenvalue weighted by Gasteiger charge is 2.18. The van der Waals surface area contributed by atoms with Gasteiger partial charge in [0.1, 0.15) is 0 Å². The summed E-state index contributed by atoms with van der Waals surface area (Å²) in [6.07, 6.45) is 1.69. The van der Waals surface area contributed by atoms with E-state index in [1.807, 2.05) is 23.1 Å². The quantitative estimate of drug-likeness (QED) is 0.909. The number of carbonyl (C=O) groups excluding carboxylic acids is 1. The maximum Gasteiger partial charge on any atom is 0.321 e. The summed E-state index contributed by atoms with van der Waals surface area (Å²) < 4.78 is 1.51. The normalized spacial score (nSPS) is 11.3. The van der Waals surface area contributed by atoms with Gasteiger partial charge in [-0.2, -0.15) is 0 Å². The van der Waals surface area contributed by atoms with E-state index in [0.717, 1.165) is 5.39 Å². The van der Waals surface area contributed by atoms with Gasteiger partial charge < -0.3 is 14.8 Å². The van der Waals surface area contributed by atoms with Gasteiger partial charge in [-0.25, -0.2) is 4.79 Å². The maximum atomic E-state index is 12.8. The van der Waals surface area contributed by atoms with Gasteiger partial charge in [-0.05, 0) is 17.9 Å². The summed E-state index contributed by atoms with van der Waals surface area (Å²) in [5.41, 5.74) is 0.597. The van der Waals surface area contributed by atoms with Crippen molar-refractivity contribution in [2.45, 2.75) is 27.7 Å². The highest BCUT2D eigenvalue weighted by atomic mass is 16.2. The monoisotopic (exact) mass is 329 g/mol. The molecule has 130 valence electrons. The first-order valence-corrected chi connectivity index (χ1v) is 8.44. The van der Waals surface area contributed by atoms with Crippen LogP contribution in [0, 0.1) is 11.8 Å². The first kappa shape index (κ1) is 18.0. The van der Waals surface area contributed by atoms with Crippen LogP contribution in [0.15, 0.2) is 35.3 Å². The van der Waals surface area contributed by atoms with Crippen LogP contribution in [-0.4, -0.2) is 28.6 Å². The fourth-order valence-electron chi connectivity index (χ4n) is 2.83. The molecule has 1 N–H and O–H groups in total. The van der Waals surface area contributed by atoms with Crippen molar-refractivity contribution in [1.82, 2.24) is 9.47 Å². The maximum absolute atomic E-state index is 12.8. The summed E-state index contributed by atoms with van der Waals surface area (Å²) in [5.74, 6) is 0.790. The molecule has 1 heterocycles. The van der Waals surface area contributed by atoms with E-state index in [1.54, 1.807) is 19.3 Å². The summed E-state index contributed by atoms with van der Waals surface area (Å²) in [5, 5.41) is 4.37. The summed E-state index contributed by atoms with van der Waals surface area (Å²) in [4.78, 5) is 26.8. The Labute approximate surface area is 143 Å². The topological polar surface area (TPSA) is 54.3 Å². The third kappa shape index (κ3) is 4.16. The average molecular weight is 329 g/mol. The SMILES string of the molecule is CC(C)CN(CC(C)C)C(=O)Nc1cn(C)c(=O)c2ccccc12. The van der Waals surface area contributed by atoms with Crippen molar-refractivity contribution in [2.24, 2.45) is 18.9 Å². The zero-order valence-electron chi connectivity index (χ0n) is 15.2. The minimum atomic E-state index is -0.124. The molecule has 0 saturated heterocycles. The molecule has 1 aromatic heterocycles. The number of rotatable bonds is 5. The Morgan fingerprint density at radius 2 is 1.62 bits per heavy atom. The van der Waals surface area contributed by atoms with E-state index in [9.17, 15) is 9.59 Å². The number of pyridine rings is 1. The minimum absolute atomic E-state index is 0.0650. The van der Waals surface area contributed by atoms with E-state index in [4.69, 9.17) is 0 Å². The van der Waals surface area contributed by atoms with Gasteiger partial charge in [0.15, 0.2) is 0 Å². The Morgan fingerprint density at radius 3 is 2.17 bits per heavy atom. The molecule has 5 nitrogen and oxygen atoms in total. The molecule has 0 atom stereocenters. The van der Waals surface area contributed by atoms with E-state index < -0.39 is 0 Å². The number of anilines is 1. The lowest BCUT2D eigenvalue weighted by molar-refractivity contribution is 0.196. The van der Waals surface area contributed by atoms with Crippen molar-refractivity contribution in [3.05, 3.63) is 40.8 Å². The van der Waals surface area contributed by atoms with E-state index in [1.165, 1.54) is 4.57 Å². The fraction of sp³-hybridized carbons (Fsp3) is 0.474. The van der Waals surface area contributed by atoms with Crippen LogP contribution in [0.5, 0.6) is 0 Å². The van der Waals surface area contributed by atoms with Crippen molar-refractivity contribution in [1.29, 1.82) is 0 Å². The zero-order chi connectivity index (χ0) is 17.9. The Kier molecular flexibility index (Phi) is 5.65. The minimum Gasteiger partial charge on any atom is -0.324 e. The Hall–Kier alpha value is -2.30. The summed E-state index contributed by atoms with van der Waals surface area (Å²) in [6, 6.07) is 7.23. The summed E-state index contributed by atoms with van der Waals surface area (Å²) in [6.45, 7) is 9.80. The van der Waals surface area contributed by atoms with Gasteiger partial charge in [0.05, 0.1) is 5.69 Å². The smallest absolute Gasteiger partial charge is 0.321 e. The van der Waals surface area contributed by atoms with Crippen LogP contribution in [0.1, 0.15) is 27.7 Å². The highest BCUT2D eigenvalue weighted by Crippen LogP contribution is 2.20. The molecule has 5 heteroatoms. The van der Waals surface area contributed by atoms with Crippen LogP contribution in [-0.2, 0) is 7.05 Å². The van der Waals surface area contributed by atoms with Crippen LogP contribution >= 0.6 is 0 Å². The highest BCUT2D eigenvalue weighted by molar-refractivity contribution is 6.00. The van der Waals surface area contributed by atoms with E-state index in [2.05, 4.69) is 33.0 Å². The first-order chi connectivity index (χ1) is 11.3. The number of nitrogens with one attached hydrogen (secondary N) is 1. The number of aromatic nitrogens is 1. The molecule has 0 radical (unpaired) electrons. The molecule has 0 aliphatic rings. The second kappa shape index (κ2) is 7.51. The lowest BCUT2D eigenvalue weighted by Crippen LogP contribution is -2.40. The molecular weight excluding hydrogens is 302 g/mol. The standard InChI is InChI=1S/C19H27N3O2/c1-13(2)10-22(11-14(3)4)19(24)20-17-12-21(5)18(23)16-9-7-6-8-15(16)17/h6-9,12-14H,10-11H2,1-5H3,(H,20,24). The molecule has 2 amide bonds. The van der Waals surface area contributed by atoms with E-state index in [-0.39, 0.29) is 11.6 Å². The molecule has 24 heavy (non-hydrogen) atoms. The second-order valence-electron chi connectivity index (χ2n) is 7.13. The molecule has 0 spiro atoms. The number of amides is 2. The molecule has 0 fully saturated rings. The summed E-state index contributed by atoms with van der Waals surface area (Å²) in [7, 11) is 1.70. The molecule has 0 bridgehead atoms. The van der Waals surface area contributed by atoms with Crippen molar-refractivity contribution in [3.8, 4) is 0 Å². The Morgan fingerprint density at radius 1 is 1.08 bits per heavy atom. The Bertz CT molecular complexity index is 768. The number of benzene rings is 1. The number of carbonyl (C=O) groups is 1. The van der Waals surface area contributed by atoms with Crippen LogP contribution in [0.4, 0.5) is 10.5 Å². The number of hydrogen-bond acceptors (Lipinski definition) is 2. The predicted octanol–water partition coefficient (Wildman–Crippen LogP) is 3.68. The molecule has 2 aromatic rings. The predicted molar refractivity (Wildman–Crippen MR) is 99.5 cm³/mol. The van der Waals surface area contributed by atoms with Gasteiger partial charge in [0.25, 0.3) is 5.56 Å². The van der Waals surface area contributed by atoms with Crippen molar-refractivity contribution in [3.63, 3.8) is 0 Å². The van der Waals surface area contributed by atoms with Gasteiger partial charge >= 0.3 is 6.03 Å². The number of fused-ring (bicyclic) bond motifs is 1. The fourth-order valence-corrected chi connectivity index (χ4v) is 2.83. The number of aryl methyl sites for hydroxylation is 1. The van der Waals surface area contributed by atoms with Gasteiger partial charge in [-0.1, -0.05) is 45.9 Å². The van der Waals surface area contributed by atoms with Gasteiger partial charge in [0, 0.05) is 37.1 Å².